The molecule has 24 heavy (non-hydrogen) atoms. The quantitative estimate of drug-likeness (QED) is 0.719. The third-order valence-corrected chi connectivity index (χ3v) is 4.09. The average molecular weight is 347 g/mol. The zero-order valence-electron chi connectivity index (χ0n) is 13.1. The fourth-order valence-electron chi connectivity index (χ4n) is 2.72. The molecule has 0 aliphatic rings. The van der Waals surface area contributed by atoms with Gasteiger partial charge in [-0.1, -0.05) is 41.9 Å². The second-order valence-electron chi connectivity index (χ2n) is 5.34. The molecule has 0 fully saturated rings. The smallest absolute Gasteiger partial charge is 0.357 e. The number of nitrogens with zero attached hydrogens (tertiary/aromatic N) is 1. The summed E-state index contributed by atoms with van der Waals surface area (Å²) in [7, 11) is 0. The van der Waals surface area contributed by atoms with Crippen molar-refractivity contribution in [1.82, 2.24) is 4.57 Å². The van der Waals surface area contributed by atoms with Crippen LogP contribution in [0.1, 0.15) is 23.0 Å². The van der Waals surface area contributed by atoms with Gasteiger partial charge >= 0.3 is 5.97 Å². The van der Waals surface area contributed by atoms with E-state index in [1.54, 1.807) is 11.5 Å². The van der Waals surface area contributed by atoms with Crippen LogP contribution in [-0.4, -0.2) is 17.1 Å². The first-order chi connectivity index (χ1) is 11.5. The molecule has 1 aromatic heterocycles. The zero-order valence-corrected chi connectivity index (χ0v) is 13.8. The summed E-state index contributed by atoms with van der Waals surface area (Å²) in [5, 5.41) is 0.417. The van der Waals surface area contributed by atoms with Gasteiger partial charge in [0.15, 0.2) is 5.69 Å². The number of carbonyl (C=O) groups is 1. The molecular formula is C18H16ClFN2O2. The lowest BCUT2D eigenvalue weighted by Gasteiger charge is -2.11. The summed E-state index contributed by atoms with van der Waals surface area (Å²) in [6.07, 6.45) is 0. The number of rotatable bonds is 4. The minimum absolute atomic E-state index is 0.0234. The third-order valence-electron chi connectivity index (χ3n) is 3.80. The molecule has 0 atom stereocenters. The molecule has 4 nitrogen and oxygen atoms in total. The number of hydrogen-bond donors (Lipinski definition) is 1. The van der Waals surface area contributed by atoms with E-state index >= 15 is 0 Å². The summed E-state index contributed by atoms with van der Waals surface area (Å²) >= 11 is 5.92. The van der Waals surface area contributed by atoms with E-state index in [9.17, 15) is 9.18 Å². The number of halogens is 2. The van der Waals surface area contributed by atoms with Crippen molar-refractivity contribution in [2.45, 2.75) is 13.5 Å². The summed E-state index contributed by atoms with van der Waals surface area (Å²) in [6.45, 7) is 2.33. The Bertz CT molecular complexity index is 907. The molecule has 3 rings (SSSR count). The highest BCUT2D eigenvalue weighted by atomic mass is 35.5. The molecule has 0 aliphatic carbocycles. The number of ether oxygens (including phenoxy) is 1. The summed E-state index contributed by atoms with van der Waals surface area (Å²) in [5.41, 5.74) is 8.07. The number of anilines is 1. The van der Waals surface area contributed by atoms with Crippen molar-refractivity contribution in [2.75, 3.05) is 12.3 Å². The van der Waals surface area contributed by atoms with Gasteiger partial charge in [-0.2, -0.15) is 0 Å². The molecular weight excluding hydrogens is 331 g/mol. The Morgan fingerprint density at radius 1 is 1.29 bits per heavy atom. The molecule has 0 saturated heterocycles. The van der Waals surface area contributed by atoms with Crippen LogP contribution in [0.5, 0.6) is 0 Å². The van der Waals surface area contributed by atoms with E-state index in [2.05, 4.69) is 0 Å². The number of aromatic nitrogens is 1. The lowest BCUT2D eigenvalue weighted by Crippen LogP contribution is -2.14. The van der Waals surface area contributed by atoms with Crippen molar-refractivity contribution in [1.29, 1.82) is 0 Å². The predicted octanol–water partition coefficient (Wildman–Crippen LogP) is 4.24. The number of nitrogens with two attached hydrogens (primary N) is 1. The number of benzene rings is 2. The Hall–Kier alpha value is -2.53. The van der Waals surface area contributed by atoms with Crippen molar-refractivity contribution in [3.8, 4) is 0 Å². The van der Waals surface area contributed by atoms with Crippen LogP contribution in [0, 0.1) is 5.82 Å². The van der Waals surface area contributed by atoms with Gasteiger partial charge in [0.1, 0.15) is 5.82 Å². The van der Waals surface area contributed by atoms with E-state index in [4.69, 9.17) is 22.1 Å². The predicted molar refractivity (Wildman–Crippen MR) is 92.8 cm³/mol. The monoisotopic (exact) mass is 346 g/mol. The third kappa shape index (κ3) is 2.83. The molecule has 0 bridgehead atoms. The maximum atomic E-state index is 13.8. The Kier molecular flexibility index (Phi) is 4.44. The van der Waals surface area contributed by atoms with Crippen LogP contribution in [0.15, 0.2) is 42.5 Å². The van der Waals surface area contributed by atoms with Crippen LogP contribution in [0.25, 0.3) is 10.9 Å². The minimum Gasteiger partial charge on any atom is -0.461 e. The first kappa shape index (κ1) is 16.3. The molecule has 124 valence electrons. The number of nitrogen functional groups attached to an aromatic ring is 1. The normalized spacial score (nSPS) is 11.0. The average Bonchev–Trinajstić information content (AvgIpc) is 2.81. The molecule has 6 heteroatoms. The van der Waals surface area contributed by atoms with Crippen LogP contribution in [0.4, 0.5) is 10.1 Å². The highest BCUT2D eigenvalue weighted by molar-refractivity contribution is 6.31. The van der Waals surface area contributed by atoms with Gasteiger partial charge in [-0.3, -0.25) is 0 Å². The Balaban J connectivity index is 2.24. The van der Waals surface area contributed by atoms with E-state index in [0.29, 0.717) is 17.4 Å². The summed E-state index contributed by atoms with van der Waals surface area (Å²) < 4.78 is 20.7. The maximum Gasteiger partial charge on any atom is 0.357 e. The molecule has 1 heterocycles. The van der Waals surface area contributed by atoms with Gasteiger partial charge in [-0.15, -0.1) is 0 Å². The van der Waals surface area contributed by atoms with E-state index in [1.165, 1.54) is 12.1 Å². The maximum absolute atomic E-state index is 13.8. The topological polar surface area (TPSA) is 57.2 Å². The lowest BCUT2D eigenvalue weighted by atomic mass is 10.2. The first-order valence-electron chi connectivity index (χ1n) is 7.50. The van der Waals surface area contributed by atoms with Gasteiger partial charge in [0.2, 0.25) is 0 Å². The standard InChI is InChI=1S/C18H16ClFN2O2/c1-2-24-18(23)17-16(21)12-8-14(20)13(19)9-15(12)22(17)10-11-6-4-3-5-7-11/h3-9H,2,10,21H2,1H3. The van der Waals surface area contributed by atoms with Crippen LogP contribution in [-0.2, 0) is 11.3 Å². The van der Waals surface area contributed by atoms with Crippen molar-refractivity contribution in [2.24, 2.45) is 0 Å². The molecule has 3 aromatic rings. The number of fused-ring (bicyclic) bond motifs is 1. The van der Waals surface area contributed by atoms with Crippen LogP contribution in [0.3, 0.4) is 0 Å². The lowest BCUT2D eigenvalue weighted by molar-refractivity contribution is 0.0516. The van der Waals surface area contributed by atoms with Crippen LogP contribution < -0.4 is 5.73 Å². The molecule has 2 aromatic carbocycles. The molecule has 0 aliphatic heterocycles. The summed E-state index contributed by atoms with van der Waals surface area (Å²) in [4.78, 5) is 12.4. The molecule has 0 spiro atoms. The highest BCUT2D eigenvalue weighted by Gasteiger charge is 2.23. The first-order valence-corrected chi connectivity index (χ1v) is 7.88. The van der Waals surface area contributed by atoms with Gasteiger partial charge in [0.25, 0.3) is 0 Å². The van der Waals surface area contributed by atoms with Gasteiger partial charge in [0, 0.05) is 11.9 Å². The Morgan fingerprint density at radius 3 is 2.67 bits per heavy atom. The van der Waals surface area contributed by atoms with E-state index in [0.717, 1.165) is 5.56 Å². The summed E-state index contributed by atoms with van der Waals surface area (Å²) in [6, 6.07) is 12.3. The van der Waals surface area contributed by atoms with Gasteiger partial charge in [-0.05, 0) is 24.6 Å². The fraction of sp³-hybridized carbons (Fsp3) is 0.167. The van der Waals surface area contributed by atoms with Crippen LogP contribution >= 0.6 is 11.6 Å². The van der Waals surface area contributed by atoms with Gasteiger partial charge < -0.3 is 15.0 Å². The number of hydrogen-bond acceptors (Lipinski definition) is 3. The molecule has 0 radical (unpaired) electrons. The fourth-order valence-corrected chi connectivity index (χ4v) is 2.88. The van der Waals surface area contributed by atoms with Gasteiger partial charge in [0.05, 0.1) is 22.8 Å². The van der Waals surface area contributed by atoms with Crippen molar-refractivity contribution in [3.05, 3.63) is 64.6 Å². The van der Waals surface area contributed by atoms with Crippen molar-refractivity contribution >= 4 is 34.2 Å². The SMILES string of the molecule is CCOC(=O)c1c(N)c2cc(F)c(Cl)cc2n1Cc1ccccc1. The second kappa shape index (κ2) is 6.53. The van der Waals surface area contributed by atoms with E-state index in [1.807, 2.05) is 30.3 Å². The summed E-state index contributed by atoms with van der Waals surface area (Å²) in [5.74, 6) is -1.12. The largest absolute Gasteiger partial charge is 0.461 e. The van der Waals surface area contributed by atoms with Gasteiger partial charge in [-0.25, -0.2) is 9.18 Å². The number of carbonyl (C=O) groups excluding carboxylic acids is 1. The second-order valence-corrected chi connectivity index (χ2v) is 5.75. The highest BCUT2D eigenvalue weighted by Crippen LogP contribution is 2.33. The molecule has 2 N–H and O–H groups in total. The Labute approximate surface area is 143 Å². The van der Waals surface area contributed by atoms with Crippen molar-refractivity contribution in [3.63, 3.8) is 0 Å². The zero-order chi connectivity index (χ0) is 17.3. The van der Waals surface area contributed by atoms with Crippen LogP contribution in [0.2, 0.25) is 5.02 Å². The number of esters is 1. The Morgan fingerprint density at radius 2 is 2.00 bits per heavy atom. The molecule has 0 saturated carbocycles. The van der Waals surface area contributed by atoms with E-state index < -0.39 is 11.8 Å². The molecule has 0 unspecified atom stereocenters. The van der Waals surface area contributed by atoms with Crippen molar-refractivity contribution < 1.29 is 13.9 Å². The van der Waals surface area contributed by atoms with E-state index in [-0.39, 0.29) is 23.0 Å². The molecule has 0 amide bonds. The minimum atomic E-state index is -0.580.